The van der Waals surface area contributed by atoms with Crippen molar-refractivity contribution < 1.29 is 29.4 Å². The second-order valence-corrected chi connectivity index (χ2v) is 4.50. The molecular formula is C11H19N3O6S. The van der Waals surface area contributed by atoms with Gasteiger partial charge >= 0.3 is 11.9 Å². The summed E-state index contributed by atoms with van der Waals surface area (Å²) >= 11 is 3.90. The summed E-state index contributed by atoms with van der Waals surface area (Å²) in [4.78, 5) is 44.3. The summed E-state index contributed by atoms with van der Waals surface area (Å²) in [6.45, 7) is -0.556. The summed E-state index contributed by atoms with van der Waals surface area (Å²) in [6, 6.07) is -1.83. The van der Waals surface area contributed by atoms with Gasteiger partial charge in [0.15, 0.2) is 0 Å². The summed E-state index contributed by atoms with van der Waals surface area (Å²) in [5.41, 5.74) is 0. The molecule has 2 amide bonds. The number of thiol groups is 1. The van der Waals surface area contributed by atoms with Gasteiger partial charge in [-0.2, -0.15) is 12.6 Å². The zero-order valence-corrected chi connectivity index (χ0v) is 12.4. The van der Waals surface area contributed by atoms with E-state index in [4.69, 9.17) is 10.2 Å². The fraction of sp³-hybridized carbons (Fsp3) is 0.636. The van der Waals surface area contributed by atoms with Crippen molar-refractivity contribution in [2.45, 2.75) is 24.9 Å². The fourth-order valence-electron chi connectivity index (χ4n) is 1.41. The van der Waals surface area contributed by atoms with Crippen LogP contribution < -0.4 is 16.0 Å². The lowest BCUT2D eigenvalue weighted by Gasteiger charge is -2.16. The lowest BCUT2D eigenvalue weighted by molar-refractivity contribution is -0.139. The Labute approximate surface area is 126 Å². The van der Waals surface area contributed by atoms with Gasteiger partial charge in [-0.05, 0) is 13.5 Å². The van der Waals surface area contributed by atoms with E-state index in [9.17, 15) is 19.2 Å². The maximum atomic E-state index is 11.6. The standard InChI is InChI=1S/C11H19N3O6S/c1-12-6(11(19)20)2-3-8(15)14-7(5-21)10(18)13-4-9(16)17/h6-7,12,21H,2-5H2,1H3,(H,13,18)(H,14,15)(H,16,17)(H,19,20). The number of nitrogens with one attached hydrogen (secondary N) is 3. The molecule has 0 bridgehead atoms. The van der Waals surface area contributed by atoms with Gasteiger partial charge in [0.1, 0.15) is 18.6 Å². The molecule has 0 fully saturated rings. The van der Waals surface area contributed by atoms with Gasteiger partial charge in [0.05, 0.1) is 0 Å². The molecule has 0 aromatic rings. The highest BCUT2D eigenvalue weighted by molar-refractivity contribution is 7.80. The molecule has 0 saturated carbocycles. The molecule has 2 unspecified atom stereocenters. The number of carboxylic acids is 2. The number of aliphatic carboxylic acids is 2. The van der Waals surface area contributed by atoms with Crippen LogP contribution in [0.1, 0.15) is 12.8 Å². The molecule has 0 aliphatic heterocycles. The Morgan fingerprint density at radius 2 is 1.76 bits per heavy atom. The molecule has 10 heteroatoms. The lowest BCUT2D eigenvalue weighted by atomic mass is 10.1. The number of carbonyl (C=O) groups is 4. The van der Waals surface area contributed by atoms with Crippen LogP contribution in [0.4, 0.5) is 0 Å². The lowest BCUT2D eigenvalue weighted by Crippen LogP contribution is -2.49. The molecule has 0 spiro atoms. The van der Waals surface area contributed by atoms with E-state index in [0.29, 0.717) is 0 Å². The first-order chi connectivity index (χ1) is 9.81. The third-order valence-corrected chi connectivity index (χ3v) is 2.92. The SMILES string of the molecule is CNC(CCC(=O)NC(CS)C(=O)NCC(=O)O)C(=O)O. The van der Waals surface area contributed by atoms with Gasteiger partial charge in [0.2, 0.25) is 11.8 Å². The molecule has 0 saturated heterocycles. The predicted octanol–water partition coefficient (Wildman–Crippen LogP) is -1.95. The Morgan fingerprint density at radius 1 is 1.14 bits per heavy atom. The molecule has 0 aliphatic rings. The molecule has 0 aromatic carbocycles. The maximum Gasteiger partial charge on any atom is 0.322 e. The fourth-order valence-corrected chi connectivity index (χ4v) is 1.67. The van der Waals surface area contributed by atoms with Crippen LogP contribution in [0.2, 0.25) is 0 Å². The molecule has 120 valence electrons. The van der Waals surface area contributed by atoms with E-state index in [1.807, 2.05) is 0 Å². The van der Waals surface area contributed by atoms with Crippen LogP contribution in [0.5, 0.6) is 0 Å². The Kier molecular flexibility index (Phi) is 9.13. The minimum atomic E-state index is -1.20. The highest BCUT2D eigenvalue weighted by atomic mass is 32.1. The highest BCUT2D eigenvalue weighted by Crippen LogP contribution is 1.99. The average molecular weight is 321 g/mol. The number of carbonyl (C=O) groups excluding carboxylic acids is 2. The second kappa shape index (κ2) is 10.00. The number of carboxylic acid groups (broad SMARTS) is 2. The van der Waals surface area contributed by atoms with Crippen LogP contribution in [0.15, 0.2) is 0 Å². The van der Waals surface area contributed by atoms with Crippen molar-refractivity contribution in [3.05, 3.63) is 0 Å². The molecule has 0 radical (unpaired) electrons. The zero-order valence-electron chi connectivity index (χ0n) is 11.5. The van der Waals surface area contributed by atoms with Gasteiger partial charge in [0, 0.05) is 12.2 Å². The number of hydrogen-bond donors (Lipinski definition) is 6. The van der Waals surface area contributed by atoms with Crippen LogP contribution in [0.3, 0.4) is 0 Å². The summed E-state index contributed by atoms with van der Waals surface area (Å²) in [5, 5.41) is 24.3. The van der Waals surface area contributed by atoms with Crippen LogP contribution in [-0.2, 0) is 19.2 Å². The van der Waals surface area contributed by atoms with Gasteiger partial charge in [-0.3, -0.25) is 19.2 Å². The van der Waals surface area contributed by atoms with E-state index < -0.39 is 42.4 Å². The molecule has 9 nitrogen and oxygen atoms in total. The number of likely N-dealkylation sites (N-methyl/N-ethyl adjacent to an activating group) is 1. The van der Waals surface area contributed by atoms with E-state index in [1.54, 1.807) is 0 Å². The average Bonchev–Trinajstić information content (AvgIpc) is 2.42. The van der Waals surface area contributed by atoms with Crippen LogP contribution >= 0.6 is 12.6 Å². The molecule has 21 heavy (non-hydrogen) atoms. The normalized spacial score (nSPS) is 13.0. The van der Waals surface area contributed by atoms with Crippen molar-refractivity contribution in [3.8, 4) is 0 Å². The number of amides is 2. The van der Waals surface area contributed by atoms with Gasteiger partial charge in [-0.25, -0.2) is 0 Å². The molecular weight excluding hydrogens is 302 g/mol. The van der Waals surface area contributed by atoms with E-state index >= 15 is 0 Å². The third-order valence-electron chi connectivity index (χ3n) is 2.55. The Hall–Kier alpha value is -1.81. The first kappa shape index (κ1) is 19.2. The Balaban J connectivity index is 4.29. The molecule has 0 aromatic heterocycles. The van der Waals surface area contributed by atoms with E-state index in [2.05, 4.69) is 28.6 Å². The maximum absolute atomic E-state index is 11.6. The summed E-state index contributed by atoms with van der Waals surface area (Å²) in [7, 11) is 1.46. The van der Waals surface area contributed by atoms with E-state index in [0.717, 1.165) is 0 Å². The summed E-state index contributed by atoms with van der Waals surface area (Å²) < 4.78 is 0. The van der Waals surface area contributed by atoms with Gasteiger partial charge in [-0.15, -0.1) is 0 Å². The molecule has 5 N–H and O–H groups in total. The Morgan fingerprint density at radius 3 is 2.19 bits per heavy atom. The van der Waals surface area contributed by atoms with Crippen molar-refractivity contribution in [2.24, 2.45) is 0 Å². The van der Waals surface area contributed by atoms with E-state index in [-0.39, 0.29) is 18.6 Å². The van der Waals surface area contributed by atoms with Crippen molar-refractivity contribution >= 4 is 36.4 Å². The van der Waals surface area contributed by atoms with Crippen molar-refractivity contribution in [1.29, 1.82) is 0 Å². The van der Waals surface area contributed by atoms with Gasteiger partial charge in [0.25, 0.3) is 0 Å². The summed E-state index contributed by atoms with van der Waals surface area (Å²) in [5.74, 6) is -3.46. The summed E-state index contributed by atoms with van der Waals surface area (Å²) in [6.07, 6.45) is -0.0258. The highest BCUT2D eigenvalue weighted by Gasteiger charge is 2.21. The molecule has 2 atom stereocenters. The van der Waals surface area contributed by atoms with Crippen LogP contribution in [0, 0.1) is 0 Å². The first-order valence-corrected chi connectivity index (χ1v) is 6.74. The smallest absolute Gasteiger partial charge is 0.322 e. The van der Waals surface area contributed by atoms with E-state index in [1.165, 1.54) is 7.05 Å². The second-order valence-electron chi connectivity index (χ2n) is 4.13. The first-order valence-electron chi connectivity index (χ1n) is 6.11. The van der Waals surface area contributed by atoms with Crippen LogP contribution in [0.25, 0.3) is 0 Å². The third kappa shape index (κ3) is 8.15. The predicted molar refractivity (Wildman–Crippen MR) is 76.1 cm³/mol. The number of rotatable bonds is 10. The molecule has 0 aliphatic carbocycles. The van der Waals surface area contributed by atoms with Crippen LogP contribution in [-0.4, -0.2) is 65.4 Å². The molecule has 0 heterocycles. The topological polar surface area (TPSA) is 145 Å². The number of hydrogen-bond acceptors (Lipinski definition) is 6. The monoisotopic (exact) mass is 321 g/mol. The molecule has 0 rings (SSSR count). The minimum Gasteiger partial charge on any atom is -0.480 e. The van der Waals surface area contributed by atoms with Crippen molar-refractivity contribution in [1.82, 2.24) is 16.0 Å². The zero-order chi connectivity index (χ0) is 16.4. The Bertz CT molecular complexity index is 403. The van der Waals surface area contributed by atoms with Crippen molar-refractivity contribution in [2.75, 3.05) is 19.3 Å². The van der Waals surface area contributed by atoms with Gasteiger partial charge in [-0.1, -0.05) is 0 Å². The van der Waals surface area contributed by atoms with Gasteiger partial charge < -0.3 is 26.2 Å². The van der Waals surface area contributed by atoms with Crippen molar-refractivity contribution in [3.63, 3.8) is 0 Å². The minimum absolute atomic E-state index is 0.00835. The largest absolute Gasteiger partial charge is 0.480 e. The quantitative estimate of drug-likeness (QED) is 0.257.